The molecule has 0 aromatic carbocycles. The molecule has 1 fully saturated rings. The number of hydrogen-bond acceptors (Lipinski definition) is 4. The van der Waals surface area contributed by atoms with E-state index in [0.717, 1.165) is 6.54 Å². The number of amides is 1. The molecule has 1 amide bonds. The summed E-state index contributed by atoms with van der Waals surface area (Å²) in [4.78, 5) is 16.0. The van der Waals surface area contributed by atoms with Crippen molar-refractivity contribution >= 4 is 23.3 Å². The van der Waals surface area contributed by atoms with Crippen LogP contribution >= 0.6 is 11.6 Å². The second-order valence-electron chi connectivity index (χ2n) is 4.91. The van der Waals surface area contributed by atoms with Crippen molar-refractivity contribution < 1.29 is 4.79 Å². The van der Waals surface area contributed by atoms with Gasteiger partial charge < -0.3 is 10.7 Å². The van der Waals surface area contributed by atoms with Crippen LogP contribution in [0, 0.1) is 5.92 Å². The third-order valence-corrected chi connectivity index (χ3v) is 3.80. The Morgan fingerprint density at radius 2 is 2.16 bits per heavy atom. The molecule has 1 aromatic rings. The van der Waals surface area contributed by atoms with Crippen molar-refractivity contribution in [3.63, 3.8) is 0 Å². The van der Waals surface area contributed by atoms with Gasteiger partial charge in [-0.25, -0.2) is 10.8 Å². The highest BCUT2D eigenvalue weighted by molar-refractivity contribution is 6.33. The summed E-state index contributed by atoms with van der Waals surface area (Å²) in [6.45, 7) is 0.730. The molecular weight excluding hydrogens is 264 g/mol. The molecule has 1 aromatic heterocycles. The van der Waals surface area contributed by atoms with Crippen LogP contribution in [0.15, 0.2) is 12.3 Å². The summed E-state index contributed by atoms with van der Waals surface area (Å²) < 4.78 is 0. The minimum Gasteiger partial charge on any atom is -0.352 e. The van der Waals surface area contributed by atoms with Gasteiger partial charge in [-0.15, -0.1) is 0 Å². The second kappa shape index (κ2) is 6.73. The molecule has 0 saturated heterocycles. The van der Waals surface area contributed by atoms with E-state index in [9.17, 15) is 4.79 Å². The molecule has 0 unspecified atom stereocenters. The van der Waals surface area contributed by atoms with Gasteiger partial charge in [-0.1, -0.05) is 30.9 Å². The number of pyridine rings is 1. The number of carbonyl (C=O) groups is 1. The summed E-state index contributed by atoms with van der Waals surface area (Å²) in [6, 6.07) is 1.57. The fraction of sp³-hybridized carbons (Fsp3) is 0.538. The Kier molecular flexibility index (Phi) is 4.99. The fourth-order valence-corrected chi connectivity index (χ4v) is 2.62. The van der Waals surface area contributed by atoms with Crippen LogP contribution in [-0.2, 0) is 0 Å². The molecule has 0 atom stereocenters. The summed E-state index contributed by atoms with van der Waals surface area (Å²) in [5.41, 5.74) is 2.83. The highest BCUT2D eigenvalue weighted by Crippen LogP contribution is 2.23. The Morgan fingerprint density at radius 1 is 1.42 bits per heavy atom. The number of carbonyl (C=O) groups excluding carboxylic acids is 1. The van der Waals surface area contributed by atoms with Crippen LogP contribution in [0.3, 0.4) is 0 Å². The van der Waals surface area contributed by atoms with Gasteiger partial charge in [-0.2, -0.15) is 0 Å². The molecule has 5 nitrogen and oxygen atoms in total. The summed E-state index contributed by atoms with van der Waals surface area (Å²) in [5.74, 6) is 6.07. The second-order valence-corrected chi connectivity index (χ2v) is 5.32. The van der Waals surface area contributed by atoms with E-state index in [1.165, 1.54) is 38.3 Å². The molecule has 1 saturated carbocycles. The van der Waals surface area contributed by atoms with Crippen LogP contribution < -0.4 is 16.6 Å². The van der Waals surface area contributed by atoms with E-state index in [1.54, 1.807) is 6.07 Å². The molecule has 0 bridgehead atoms. The van der Waals surface area contributed by atoms with Crippen molar-refractivity contribution in [1.29, 1.82) is 0 Å². The molecule has 6 heteroatoms. The van der Waals surface area contributed by atoms with Gasteiger partial charge in [0, 0.05) is 12.7 Å². The highest BCUT2D eigenvalue weighted by Gasteiger charge is 2.15. The molecular formula is C13H19ClN4O. The lowest BCUT2D eigenvalue weighted by Crippen LogP contribution is -2.30. The number of anilines is 1. The molecule has 1 heterocycles. The molecule has 19 heavy (non-hydrogen) atoms. The molecule has 104 valence electrons. The summed E-state index contributed by atoms with van der Waals surface area (Å²) in [5, 5.41) is 3.28. The SMILES string of the molecule is NNc1ncc(C(=O)NCC2CCCCC2)cc1Cl. The number of nitrogens with two attached hydrogens (primary N) is 1. The molecule has 2 rings (SSSR count). The maximum Gasteiger partial charge on any atom is 0.252 e. The van der Waals surface area contributed by atoms with Gasteiger partial charge in [-0.3, -0.25) is 4.79 Å². The number of nitrogens with one attached hydrogen (secondary N) is 2. The Bertz CT molecular complexity index is 446. The van der Waals surface area contributed by atoms with Crippen LogP contribution in [0.5, 0.6) is 0 Å². The lowest BCUT2D eigenvalue weighted by Gasteiger charge is -2.21. The predicted molar refractivity (Wildman–Crippen MR) is 76.0 cm³/mol. The molecule has 0 spiro atoms. The first kappa shape index (κ1) is 14.1. The number of nitrogen functional groups attached to an aromatic ring is 1. The minimum atomic E-state index is -0.136. The van der Waals surface area contributed by atoms with E-state index in [-0.39, 0.29) is 5.91 Å². The highest BCUT2D eigenvalue weighted by atomic mass is 35.5. The maximum atomic E-state index is 12.0. The number of hydrazine groups is 1. The van der Waals surface area contributed by atoms with Gasteiger partial charge >= 0.3 is 0 Å². The first-order valence-corrected chi connectivity index (χ1v) is 6.99. The topological polar surface area (TPSA) is 80.0 Å². The smallest absolute Gasteiger partial charge is 0.252 e. The number of hydrogen-bond donors (Lipinski definition) is 3. The normalized spacial score (nSPS) is 16.1. The fourth-order valence-electron chi connectivity index (χ4n) is 2.40. The van der Waals surface area contributed by atoms with Crippen molar-refractivity contribution in [1.82, 2.24) is 10.3 Å². The Labute approximate surface area is 117 Å². The number of aromatic nitrogens is 1. The number of nitrogens with zero attached hydrogens (tertiary/aromatic N) is 1. The van der Waals surface area contributed by atoms with E-state index < -0.39 is 0 Å². The average Bonchev–Trinajstić information content (AvgIpc) is 2.45. The van der Waals surface area contributed by atoms with Crippen molar-refractivity contribution in [3.8, 4) is 0 Å². The van der Waals surface area contributed by atoms with Crippen molar-refractivity contribution in [2.75, 3.05) is 12.0 Å². The van der Waals surface area contributed by atoms with E-state index in [2.05, 4.69) is 15.7 Å². The van der Waals surface area contributed by atoms with E-state index in [0.29, 0.717) is 22.3 Å². The Morgan fingerprint density at radius 3 is 2.79 bits per heavy atom. The van der Waals surface area contributed by atoms with Gasteiger partial charge in [0.2, 0.25) is 0 Å². The molecule has 1 aliphatic rings. The third-order valence-electron chi connectivity index (χ3n) is 3.52. The van der Waals surface area contributed by atoms with Crippen molar-refractivity contribution in [3.05, 3.63) is 22.8 Å². The van der Waals surface area contributed by atoms with Crippen LogP contribution in [-0.4, -0.2) is 17.4 Å². The first-order valence-electron chi connectivity index (χ1n) is 6.61. The van der Waals surface area contributed by atoms with Crippen LogP contribution in [0.2, 0.25) is 5.02 Å². The predicted octanol–water partition coefficient (Wildman–Crippen LogP) is 2.33. The number of rotatable bonds is 4. The summed E-state index contributed by atoms with van der Waals surface area (Å²) in [7, 11) is 0. The average molecular weight is 283 g/mol. The van der Waals surface area contributed by atoms with E-state index in [4.69, 9.17) is 17.4 Å². The van der Waals surface area contributed by atoms with Crippen molar-refractivity contribution in [2.45, 2.75) is 32.1 Å². The largest absolute Gasteiger partial charge is 0.352 e. The zero-order chi connectivity index (χ0) is 13.7. The zero-order valence-electron chi connectivity index (χ0n) is 10.8. The van der Waals surface area contributed by atoms with Gasteiger partial charge in [-0.05, 0) is 24.8 Å². The van der Waals surface area contributed by atoms with E-state index >= 15 is 0 Å². The molecule has 0 radical (unpaired) electrons. The zero-order valence-corrected chi connectivity index (χ0v) is 11.5. The quantitative estimate of drug-likeness (QED) is 0.585. The maximum absolute atomic E-state index is 12.0. The van der Waals surface area contributed by atoms with Gasteiger partial charge in [0.25, 0.3) is 5.91 Å². The van der Waals surface area contributed by atoms with Crippen LogP contribution in [0.25, 0.3) is 0 Å². The monoisotopic (exact) mass is 282 g/mol. The minimum absolute atomic E-state index is 0.136. The van der Waals surface area contributed by atoms with Gasteiger partial charge in [0.1, 0.15) is 0 Å². The lowest BCUT2D eigenvalue weighted by atomic mass is 9.89. The van der Waals surface area contributed by atoms with Crippen LogP contribution in [0.4, 0.5) is 5.82 Å². The van der Waals surface area contributed by atoms with Crippen LogP contribution in [0.1, 0.15) is 42.5 Å². The van der Waals surface area contributed by atoms with Crippen molar-refractivity contribution in [2.24, 2.45) is 11.8 Å². The summed E-state index contributed by atoms with van der Waals surface area (Å²) in [6.07, 6.45) is 7.73. The lowest BCUT2D eigenvalue weighted by molar-refractivity contribution is 0.0943. The van der Waals surface area contributed by atoms with E-state index in [1.807, 2.05) is 0 Å². The summed E-state index contributed by atoms with van der Waals surface area (Å²) >= 11 is 5.94. The molecule has 4 N–H and O–H groups in total. The van der Waals surface area contributed by atoms with Gasteiger partial charge in [0.15, 0.2) is 5.82 Å². The Hall–Kier alpha value is -1.33. The third kappa shape index (κ3) is 3.81. The van der Waals surface area contributed by atoms with Gasteiger partial charge in [0.05, 0.1) is 10.6 Å². The molecule has 1 aliphatic carbocycles. The standard InChI is InChI=1S/C13H19ClN4O/c14-11-6-10(8-16-12(11)18-15)13(19)17-7-9-4-2-1-3-5-9/h6,8-9H,1-5,7,15H2,(H,16,18)(H,17,19). The first-order chi connectivity index (χ1) is 9.20. The number of halogens is 1. The molecule has 0 aliphatic heterocycles. The Balaban J connectivity index is 1.90.